The van der Waals surface area contributed by atoms with Gasteiger partial charge in [-0.1, -0.05) is 17.7 Å². The Labute approximate surface area is 187 Å². The van der Waals surface area contributed by atoms with Crippen molar-refractivity contribution in [2.45, 2.75) is 25.8 Å². The van der Waals surface area contributed by atoms with Gasteiger partial charge in [-0.3, -0.25) is 9.69 Å². The highest BCUT2D eigenvalue weighted by Gasteiger charge is 2.42. The van der Waals surface area contributed by atoms with Crippen LogP contribution in [0.15, 0.2) is 42.5 Å². The number of piperidine rings is 1. The highest BCUT2D eigenvalue weighted by atomic mass is 35.5. The summed E-state index contributed by atoms with van der Waals surface area (Å²) in [7, 11) is 0. The van der Waals surface area contributed by atoms with Crippen LogP contribution in [0.1, 0.15) is 24.8 Å². The normalized spacial score (nSPS) is 22.8. The Morgan fingerprint density at radius 2 is 1.87 bits per heavy atom. The Hall–Kier alpha value is -2.44. The summed E-state index contributed by atoms with van der Waals surface area (Å²) in [6, 6.07) is 13.3. The van der Waals surface area contributed by atoms with Gasteiger partial charge in [-0.05, 0) is 67.8 Å². The number of halogens is 1. The molecule has 0 radical (unpaired) electrons. The first-order chi connectivity index (χ1) is 15.1. The number of likely N-dealkylation sites (tertiary alicyclic amines) is 2. The molecule has 3 aliphatic rings. The number of hydrogen-bond acceptors (Lipinski definition) is 5. The third kappa shape index (κ3) is 4.60. The van der Waals surface area contributed by atoms with Gasteiger partial charge in [0.2, 0.25) is 6.79 Å². The minimum Gasteiger partial charge on any atom is -0.484 e. The molecular weight excluding hydrogens is 416 g/mol. The van der Waals surface area contributed by atoms with Crippen LogP contribution in [0.5, 0.6) is 17.2 Å². The van der Waals surface area contributed by atoms with Crippen molar-refractivity contribution >= 4 is 17.5 Å². The van der Waals surface area contributed by atoms with E-state index in [9.17, 15) is 4.79 Å². The van der Waals surface area contributed by atoms with E-state index in [-0.39, 0.29) is 17.9 Å². The fourth-order valence-electron chi connectivity index (χ4n) is 4.99. The Kier molecular flexibility index (Phi) is 5.67. The van der Waals surface area contributed by atoms with Crippen LogP contribution in [0.25, 0.3) is 0 Å². The number of ether oxygens (including phenoxy) is 3. The van der Waals surface area contributed by atoms with Gasteiger partial charge in [0.15, 0.2) is 18.1 Å². The van der Waals surface area contributed by atoms with Gasteiger partial charge in [0.1, 0.15) is 5.75 Å². The predicted molar refractivity (Wildman–Crippen MR) is 118 cm³/mol. The Morgan fingerprint density at radius 3 is 2.74 bits per heavy atom. The van der Waals surface area contributed by atoms with Crippen LogP contribution < -0.4 is 14.2 Å². The largest absolute Gasteiger partial charge is 0.484 e. The Balaban J connectivity index is 1.16. The second kappa shape index (κ2) is 8.60. The zero-order chi connectivity index (χ0) is 21.3. The summed E-state index contributed by atoms with van der Waals surface area (Å²) >= 11 is 5.90. The maximum Gasteiger partial charge on any atom is 0.260 e. The van der Waals surface area contributed by atoms with Gasteiger partial charge in [-0.25, -0.2) is 0 Å². The molecule has 0 aliphatic carbocycles. The van der Waals surface area contributed by atoms with Crippen LogP contribution in [0.3, 0.4) is 0 Å². The molecule has 3 heterocycles. The van der Waals surface area contributed by atoms with Gasteiger partial charge in [0.25, 0.3) is 5.91 Å². The predicted octanol–water partition coefficient (Wildman–Crippen LogP) is 3.96. The number of rotatable bonds is 5. The first-order valence-corrected chi connectivity index (χ1v) is 11.2. The van der Waals surface area contributed by atoms with E-state index in [1.165, 1.54) is 12.0 Å². The molecule has 1 atom stereocenters. The molecule has 31 heavy (non-hydrogen) atoms. The quantitative estimate of drug-likeness (QED) is 0.701. The molecule has 5 rings (SSSR count). The molecule has 0 saturated carbocycles. The topological polar surface area (TPSA) is 51.2 Å². The van der Waals surface area contributed by atoms with Gasteiger partial charge < -0.3 is 19.1 Å². The molecule has 0 aromatic heterocycles. The summed E-state index contributed by atoms with van der Waals surface area (Å²) in [4.78, 5) is 17.2. The number of benzene rings is 2. The van der Waals surface area contributed by atoms with Crippen molar-refractivity contribution in [3.8, 4) is 17.2 Å². The van der Waals surface area contributed by atoms with Crippen molar-refractivity contribution in [1.82, 2.24) is 9.80 Å². The molecule has 1 spiro atoms. The van der Waals surface area contributed by atoms with Crippen LogP contribution in [0.4, 0.5) is 0 Å². The summed E-state index contributed by atoms with van der Waals surface area (Å²) in [6.07, 6.45) is 3.39. The number of amides is 1. The molecule has 164 valence electrons. The van der Waals surface area contributed by atoms with Crippen LogP contribution in [0.2, 0.25) is 5.02 Å². The lowest BCUT2D eigenvalue weighted by molar-refractivity contribution is -0.132. The number of carbonyl (C=O) groups is 1. The Morgan fingerprint density at radius 1 is 1.03 bits per heavy atom. The van der Waals surface area contributed by atoms with E-state index in [2.05, 4.69) is 17.0 Å². The van der Waals surface area contributed by atoms with Crippen molar-refractivity contribution in [3.63, 3.8) is 0 Å². The third-order valence-electron chi connectivity index (χ3n) is 6.55. The molecule has 3 aliphatic heterocycles. The minimum absolute atomic E-state index is 0.0553. The molecule has 1 amide bonds. The monoisotopic (exact) mass is 442 g/mol. The molecule has 2 aromatic carbocycles. The molecule has 1 unspecified atom stereocenters. The summed E-state index contributed by atoms with van der Waals surface area (Å²) in [5, 5.41) is 0.655. The van der Waals surface area contributed by atoms with Crippen LogP contribution in [-0.2, 0) is 11.3 Å². The van der Waals surface area contributed by atoms with E-state index in [1.54, 1.807) is 24.3 Å². The molecule has 0 N–H and O–H groups in total. The molecule has 6 nitrogen and oxygen atoms in total. The average molecular weight is 443 g/mol. The van der Waals surface area contributed by atoms with E-state index < -0.39 is 0 Å². The lowest BCUT2D eigenvalue weighted by Gasteiger charge is -2.40. The smallest absolute Gasteiger partial charge is 0.260 e. The number of hydrogen-bond donors (Lipinski definition) is 0. The molecule has 0 bridgehead atoms. The van der Waals surface area contributed by atoms with Crippen LogP contribution in [0, 0.1) is 5.41 Å². The van der Waals surface area contributed by atoms with Crippen molar-refractivity contribution < 1.29 is 19.0 Å². The van der Waals surface area contributed by atoms with Gasteiger partial charge >= 0.3 is 0 Å². The maximum absolute atomic E-state index is 12.7. The van der Waals surface area contributed by atoms with Crippen molar-refractivity contribution in [2.75, 3.05) is 39.6 Å². The van der Waals surface area contributed by atoms with Crippen molar-refractivity contribution in [2.24, 2.45) is 5.41 Å². The lowest BCUT2D eigenvalue weighted by atomic mass is 9.79. The minimum atomic E-state index is 0.0553. The Bertz CT molecular complexity index is 951. The SMILES string of the molecule is O=C(COc1ccc(Cl)cc1)N1CCC2(CCCN(Cc3ccc4c(c3)OCO4)C2)C1. The van der Waals surface area contributed by atoms with E-state index in [4.69, 9.17) is 25.8 Å². The summed E-state index contributed by atoms with van der Waals surface area (Å²) in [5.74, 6) is 2.38. The van der Waals surface area contributed by atoms with Crippen molar-refractivity contribution in [3.05, 3.63) is 53.1 Å². The number of fused-ring (bicyclic) bond motifs is 1. The summed E-state index contributed by atoms with van der Waals surface area (Å²) in [6.45, 7) is 4.99. The van der Waals surface area contributed by atoms with Gasteiger partial charge in [-0.2, -0.15) is 0 Å². The van der Waals surface area contributed by atoms with E-state index in [1.807, 2.05) is 11.0 Å². The van der Waals surface area contributed by atoms with Crippen LogP contribution in [-0.4, -0.2) is 55.3 Å². The fourth-order valence-corrected chi connectivity index (χ4v) is 5.12. The summed E-state index contributed by atoms with van der Waals surface area (Å²) < 4.78 is 16.6. The van der Waals surface area contributed by atoms with Gasteiger partial charge in [0, 0.05) is 36.6 Å². The van der Waals surface area contributed by atoms with E-state index >= 15 is 0 Å². The first kappa shape index (κ1) is 20.5. The zero-order valence-electron chi connectivity index (χ0n) is 17.5. The van der Waals surface area contributed by atoms with E-state index in [0.717, 1.165) is 57.1 Å². The highest BCUT2D eigenvalue weighted by molar-refractivity contribution is 6.30. The highest BCUT2D eigenvalue weighted by Crippen LogP contribution is 2.40. The molecule has 7 heteroatoms. The van der Waals surface area contributed by atoms with Crippen molar-refractivity contribution in [1.29, 1.82) is 0 Å². The zero-order valence-corrected chi connectivity index (χ0v) is 18.3. The average Bonchev–Trinajstić information content (AvgIpc) is 3.40. The number of carbonyl (C=O) groups excluding carboxylic acids is 1. The molecular formula is C24H27ClN2O4. The van der Waals surface area contributed by atoms with Gasteiger partial charge in [0.05, 0.1) is 0 Å². The molecule has 2 aromatic rings. The fraction of sp³-hybridized carbons (Fsp3) is 0.458. The molecule has 2 fully saturated rings. The van der Waals surface area contributed by atoms with Crippen LogP contribution >= 0.6 is 11.6 Å². The van der Waals surface area contributed by atoms with Gasteiger partial charge in [-0.15, -0.1) is 0 Å². The standard InChI is InChI=1S/C24H27ClN2O4/c25-19-3-5-20(6-4-19)29-14-23(28)27-11-9-24(16-27)8-1-10-26(15-24)13-18-2-7-21-22(12-18)31-17-30-21/h2-7,12H,1,8-11,13-17H2. The molecule has 2 saturated heterocycles. The third-order valence-corrected chi connectivity index (χ3v) is 6.80. The summed E-state index contributed by atoms with van der Waals surface area (Å²) in [5.41, 5.74) is 1.42. The first-order valence-electron chi connectivity index (χ1n) is 10.9. The second-order valence-corrected chi connectivity index (χ2v) is 9.25. The second-order valence-electron chi connectivity index (χ2n) is 8.81. The number of nitrogens with zero attached hydrogens (tertiary/aromatic N) is 2. The lowest BCUT2D eigenvalue weighted by Crippen LogP contribution is -2.45. The van der Waals surface area contributed by atoms with E-state index in [0.29, 0.717) is 17.6 Å². The maximum atomic E-state index is 12.7.